The van der Waals surface area contributed by atoms with E-state index >= 15 is 0 Å². The summed E-state index contributed by atoms with van der Waals surface area (Å²) in [6.07, 6.45) is 5.48. The minimum atomic E-state index is 0. The van der Waals surface area contributed by atoms with Gasteiger partial charge in [0, 0.05) is 43.8 Å². The number of piperidine rings is 1. The third-order valence-electron chi connectivity index (χ3n) is 7.34. The smallest absolute Gasteiger partial charge is 0.272 e. The third kappa shape index (κ3) is 4.23. The maximum atomic E-state index is 13.4. The number of carbonyl (C=O) groups excluding carboxylic acids is 1. The zero-order chi connectivity index (χ0) is 22.2. The molecule has 0 unspecified atom stereocenters. The first-order valence-corrected chi connectivity index (χ1v) is 12.2. The summed E-state index contributed by atoms with van der Waals surface area (Å²) in [6, 6.07) is 10.8. The van der Waals surface area contributed by atoms with E-state index in [1.54, 1.807) is 0 Å². The SMILES string of the molecule is CCCn1c(C)c(C)c2cc(C(=O)N3CCCCC3)nc(N3CCc4ccccc4C3)c21.Cl. The van der Waals surface area contributed by atoms with Gasteiger partial charge in [0.25, 0.3) is 5.91 Å². The predicted octanol–water partition coefficient (Wildman–Crippen LogP) is 5.67. The fourth-order valence-corrected chi connectivity index (χ4v) is 5.41. The first-order valence-electron chi connectivity index (χ1n) is 12.2. The number of aryl methyl sites for hydroxylation is 2. The lowest BCUT2D eigenvalue weighted by Crippen LogP contribution is -2.37. The van der Waals surface area contributed by atoms with Gasteiger partial charge in [0.1, 0.15) is 5.69 Å². The number of amides is 1. The molecule has 0 atom stereocenters. The van der Waals surface area contributed by atoms with Gasteiger partial charge >= 0.3 is 0 Å². The standard InChI is InChI=1S/C27H34N4O.ClH/c1-4-13-31-20(3)19(2)23-17-24(27(32)29-14-8-5-9-15-29)28-26(25(23)31)30-16-12-21-10-6-7-11-22(21)18-30;/h6-7,10-11,17H,4-5,8-9,12-16,18H2,1-3H3;1H. The second-order valence-corrected chi connectivity index (χ2v) is 9.38. The van der Waals surface area contributed by atoms with Crippen molar-refractivity contribution >= 4 is 35.0 Å². The van der Waals surface area contributed by atoms with Gasteiger partial charge in [-0.25, -0.2) is 4.98 Å². The predicted molar refractivity (Wildman–Crippen MR) is 138 cm³/mol. The molecule has 0 spiro atoms. The topological polar surface area (TPSA) is 41.4 Å². The molecule has 0 bridgehead atoms. The number of hydrogen-bond donors (Lipinski definition) is 0. The normalized spacial score (nSPS) is 16.0. The van der Waals surface area contributed by atoms with Crippen LogP contribution in [0.4, 0.5) is 5.82 Å². The average molecular weight is 467 g/mol. The number of carbonyl (C=O) groups is 1. The number of benzene rings is 1. The number of likely N-dealkylation sites (tertiary alicyclic amines) is 1. The Balaban J connectivity index is 0.00000259. The zero-order valence-corrected chi connectivity index (χ0v) is 20.9. The Morgan fingerprint density at radius 1 is 1.03 bits per heavy atom. The van der Waals surface area contributed by atoms with Crippen LogP contribution in [0.25, 0.3) is 10.9 Å². The quantitative estimate of drug-likeness (QED) is 0.497. The van der Waals surface area contributed by atoms with E-state index in [1.807, 2.05) is 4.90 Å². The van der Waals surface area contributed by atoms with Crippen LogP contribution in [0.5, 0.6) is 0 Å². The highest BCUT2D eigenvalue weighted by Gasteiger charge is 2.27. The Morgan fingerprint density at radius 3 is 2.48 bits per heavy atom. The molecular weight excluding hydrogens is 432 g/mol. The Bertz CT molecular complexity index is 1160. The Morgan fingerprint density at radius 2 is 1.76 bits per heavy atom. The van der Waals surface area contributed by atoms with Gasteiger partial charge in [-0.3, -0.25) is 4.79 Å². The number of fused-ring (bicyclic) bond motifs is 2. The van der Waals surface area contributed by atoms with Crippen molar-refractivity contribution in [2.24, 2.45) is 0 Å². The molecule has 3 aromatic rings. The van der Waals surface area contributed by atoms with Gasteiger partial charge in [-0.15, -0.1) is 12.4 Å². The van der Waals surface area contributed by atoms with Crippen LogP contribution in [0.1, 0.15) is 65.5 Å². The van der Waals surface area contributed by atoms with Crippen molar-refractivity contribution in [1.29, 1.82) is 0 Å². The van der Waals surface area contributed by atoms with Crippen LogP contribution in [0.3, 0.4) is 0 Å². The van der Waals surface area contributed by atoms with Gasteiger partial charge in [-0.1, -0.05) is 31.2 Å². The summed E-state index contributed by atoms with van der Waals surface area (Å²) < 4.78 is 2.42. The van der Waals surface area contributed by atoms with Crippen LogP contribution >= 0.6 is 12.4 Å². The monoisotopic (exact) mass is 466 g/mol. The summed E-state index contributed by atoms with van der Waals surface area (Å²) in [5.74, 6) is 1.06. The first kappa shape index (κ1) is 23.6. The number of aromatic nitrogens is 2. The molecular formula is C27H35ClN4O. The van der Waals surface area contributed by atoms with Crippen molar-refractivity contribution in [3.05, 3.63) is 58.4 Å². The van der Waals surface area contributed by atoms with Crippen molar-refractivity contribution in [1.82, 2.24) is 14.5 Å². The van der Waals surface area contributed by atoms with E-state index in [0.29, 0.717) is 5.69 Å². The minimum Gasteiger partial charge on any atom is -0.350 e. The molecule has 0 aliphatic carbocycles. The Labute approximate surface area is 203 Å². The fourth-order valence-electron chi connectivity index (χ4n) is 5.41. The van der Waals surface area contributed by atoms with Gasteiger partial charge < -0.3 is 14.4 Å². The maximum Gasteiger partial charge on any atom is 0.272 e. The lowest BCUT2D eigenvalue weighted by atomic mass is 9.99. The van der Waals surface area contributed by atoms with Crippen molar-refractivity contribution in [3.8, 4) is 0 Å². The van der Waals surface area contributed by atoms with Gasteiger partial charge in [0.15, 0.2) is 5.82 Å². The van der Waals surface area contributed by atoms with Crippen LogP contribution < -0.4 is 4.90 Å². The fraction of sp³-hybridized carbons (Fsp3) is 0.481. The number of rotatable bonds is 4. The van der Waals surface area contributed by atoms with Crippen LogP contribution in [-0.4, -0.2) is 40.0 Å². The van der Waals surface area contributed by atoms with E-state index in [4.69, 9.17) is 4.98 Å². The lowest BCUT2D eigenvalue weighted by molar-refractivity contribution is 0.0718. The van der Waals surface area contributed by atoms with Crippen molar-refractivity contribution in [2.75, 3.05) is 24.5 Å². The van der Waals surface area contributed by atoms with Crippen molar-refractivity contribution < 1.29 is 4.79 Å². The Hall–Kier alpha value is -2.53. The highest BCUT2D eigenvalue weighted by Crippen LogP contribution is 2.35. The minimum absolute atomic E-state index is 0. The number of hydrogen-bond acceptors (Lipinski definition) is 3. The third-order valence-corrected chi connectivity index (χ3v) is 7.34. The largest absolute Gasteiger partial charge is 0.350 e. The maximum absolute atomic E-state index is 13.4. The van der Waals surface area contributed by atoms with E-state index < -0.39 is 0 Å². The van der Waals surface area contributed by atoms with Gasteiger partial charge in [-0.2, -0.15) is 0 Å². The summed E-state index contributed by atoms with van der Waals surface area (Å²) in [5.41, 5.74) is 7.13. The summed E-state index contributed by atoms with van der Waals surface area (Å²) >= 11 is 0. The highest BCUT2D eigenvalue weighted by molar-refractivity contribution is 6.01. The van der Waals surface area contributed by atoms with Crippen LogP contribution in [0.15, 0.2) is 30.3 Å². The molecule has 33 heavy (non-hydrogen) atoms. The number of pyridine rings is 1. The second-order valence-electron chi connectivity index (χ2n) is 9.38. The van der Waals surface area contributed by atoms with E-state index in [0.717, 1.165) is 64.2 Å². The van der Waals surface area contributed by atoms with Crippen LogP contribution in [-0.2, 0) is 19.5 Å². The molecule has 4 heterocycles. The summed E-state index contributed by atoms with van der Waals surface area (Å²) in [5, 5.41) is 1.18. The van der Waals surface area contributed by atoms with Crippen LogP contribution in [0, 0.1) is 13.8 Å². The summed E-state index contributed by atoms with van der Waals surface area (Å²) in [4.78, 5) is 22.9. The van der Waals surface area contributed by atoms with Crippen LogP contribution in [0.2, 0.25) is 0 Å². The number of nitrogens with zero attached hydrogens (tertiary/aromatic N) is 4. The van der Waals surface area contributed by atoms with Gasteiger partial charge in [0.2, 0.25) is 0 Å². The Kier molecular flexibility index (Phi) is 6.99. The molecule has 5 nitrogen and oxygen atoms in total. The lowest BCUT2D eigenvalue weighted by Gasteiger charge is -2.31. The molecule has 2 aliphatic rings. The molecule has 6 heteroatoms. The van der Waals surface area contributed by atoms with Crippen molar-refractivity contribution in [2.45, 2.75) is 66.0 Å². The molecule has 176 valence electrons. The van der Waals surface area contributed by atoms with Gasteiger partial charge in [0.05, 0.1) is 5.52 Å². The zero-order valence-electron chi connectivity index (χ0n) is 20.1. The second kappa shape index (κ2) is 9.76. The molecule has 0 radical (unpaired) electrons. The molecule has 1 fully saturated rings. The average Bonchev–Trinajstić information content (AvgIpc) is 3.08. The van der Waals surface area contributed by atoms with E-state index in [1.165, 1.54) is 39.7 Å². The first-order chi connectivity index (χ1) is 15.6. The molecule has 1 aromatic carbocycles. The van der Waals surface area contributed by atoms with E-state index in [-0.39, 0.29) is 18.3 Å². The molecule has 2 aliphatic heterocycles. The molecule has 0 saturated carbocycles. The molecule has 1 saturated heterocycles. The highest BCUT2D eigenvalue weighted by atomic mass is 35.5. The molecule has 1 amide bonds. The van der Waals surface area contributed by atoms with Gasteiger partial charge in [-0.05, 0) is 68.7 Å². The number of halogens is 1. The number of anilines is 1. The van der Waals surface area contributed by atoms with Crippen molar-refractivity contribution in [3.63, 3.8) is 0 Å². The van der Waals surface area contributed by atoms with E-state index in [2.05, 4.69) is 60.6 Å². The summed E-state index contributed by atoms with van der Waals surface area (Å²) in [7, 11) is 0. The molecule has 5 rings (SSSR count). The molecule has 0 N–H and O–H groups in total. The van der Waals surface area contributed by atoms with E-state index in [9.17, 15) is 4.79 Å². The summed E-state index contributed by atoms with van der Waals surface area (Å²) in [6.45, 7) is 11.0. The molecule has 2 aromatic heterocycles.